The summed E-state index contributed by atoms with van der Waals surface area (Å²) in [7, 11) is 0. The van der Waals surface area contributed by atoms with Crippen molar-refractivity contribution in [1.82, 2.24) is 9.78 Å². The number of ketones is 1. The van der Waals surface area contributed by atoms with Gasteiger partial charge < -0.3 is 0 Å². The number of carbonyl (C=O) groups excluding carboxylic acids is 1. The molecule has 0 fully saturated rings. The number of hydrogen-bond donors (Lipinski definition) is 0. The molecule has 0 bridgehead atoms. The molecule has 18 heavy (non-hydrogen) atoms. The van der Waals surface area contributed by atoms with Crippen molar-refractivity contribution >= 4 is 28.7 Å². The van der Waals surface area contributed by atoms with E-state index >= 15 is 0 Å². The first-order valence-electron chi connectivity index (χ1n) is 5.87. The third-order valence-electron chi connectivity index (χ3n) is 2.77. The number of Topliss-reactive ketones (excluding diaryl/α,β-unsaturated/α-hetero) is 1. The fraction of sp³-hybridized carbons (Fsp3) is 0.385. The molecule has 0 saturated carbocycles. The van der Waals surface area contributed by atoms with Gasteiger partial charge in [-0.2, -0.15) is 5.10 Å². The molecule has 0 unspecified atom stereocenters. The van der Waals surface area contributed by atoms with Gasteiger partial charge in [-0.15, -0.1) is 11.3 Å². The molecule has 0 aliphatic heterocycles. The van der Waals surface area contributed by atoms with E-state index in [-0.39, 0.29) is 5.78 Å². The number of thiophene rings is 1. The Morgan fingerprint density at radius 1 is 1.50 bits per heavy atom. The maximum Gasteiger partial charge on any atom is 0.144 e. The predicted octanol–water partition coefficient (Wildman–Crippen LogP) is 3.28. The minimum atomic E-state index is 0.175. The lowest BCUT2D eigenvalue weighted by Gasteiger charge is -2.04. The van der Waals surface area contributed by atoms with E-state index in [0.717, 1.165) is 22.8 Å². The predicted molar refractivity (Wildman–Crippen MR) is 74.4 cm³/mol. The molecule has 2 rings (SSSR count). The summed E-state index contributed by atoms with van der Waals surface area (Å²) in [5, 5.41) is 6.92. The molecule has 0 aliphatic rings. The van der Waals surface area contributed by atoms with Gasteiger partial charge in [0.25, 0.3) is 0 Å². The highest BCUT2D eigenvalue weighted by Gasteiger charge is 2.16. The van der Waals surface area contributed by atoms with Crippen LogP contribution in [0.4, 0.5) is 0 Å². The molecular weight excluding hydrogens is 268 g/mol. The molecule has 0 aliphatic carbocycles. The summed E-state index contributed by atoms with van der Waals surface area (Å²) < 4.78 is 1.81. The van der Waals surface area contributed by atoms with Crippen molar-refractivity contribution in [1.29, 1.82) is 0 Å². The van der Waals surface area contributed by atoms with Crippen molar-refractivity contribution in [2.24, 2.45) is 0 Å². The Labute approximate surface area is 115 Å². The molecule has 0 atom stereocenters. The van der Waals surface area contributed by atoms with Gasteiger partial charge in [0, 0.05) is 17.8 Å². The lowest BCUT2D eigenvalue weighted by Crippen LogP contribution is -2.11. The third-order valence-corrected chi connectivity index (χ3v) is 4.14. The molecular formula is C13H15ClN2OS. The number of halogens is 1. The SMILES string of the molecule is CCn1nc(C)c(Cl)c1CC(=O)Cc1cccs1. The van der Waals surface area contributed by atoms with Crippen LogP contribution in [0.1, 0.15) is 23.2 Å². The van der Waals surface area contributed by atoms with Gasteiger partial charge in [-0.25, -0.2) is 0 Å². The van der Waals surface area contributed by atoms with Crippen molar-refractivity contribution in [2.45, 2.75) is 33.2 Å². The average Bonchev–Trinajstić information content (AvgIpc) is 2.92. The van der Waals surface area contributed by atoms with Gasteiger partial charge in [0.15, 0.2) is 0 Å². The summed E-state index contributed by atoms with van der Waals surface area (Å²) in [5.41, 5.74) is 1.62. The Bertz CT molecular complexity index is 546. The lowest BCUT2D eigenvalue weighted by molar-refractivity contribution is -0.117. The molecule has 96 valence electrons. The van der Waals surface area contributed by atoms with Crippen molar-refractivity contribution in [2.75, 3.05) is 0 Å². The van der Waals surface area contributed by atoms with E-state index in [4.69, 9.17) is 11.6 Å². The minimum Gasteiger partial charge on any atom is -0.299 e. The first-order chi connectivity index (χ1) is 8.61. The van der Waals surface area contributed by atoms with Gasteiger partial charge in [0.05, 0.1) is 22.8 Å². The number of rotatable bonds is 5. The first kappa shape index (κ1) is 13.3. The number of hydrogen-bond acceptors (Lipinski definition) is 3. The average molecular weight is 283 g/mol. The fourth-order valence-electron chi connectivity index (χ4n) is 1.89. The van der Waals surface area contributed by atoms with Crippen LogP contribution in [-0.2, 0) is 24.2 Å². The van der Waals surface area contributed by atoms with E-state index in [0.29, 0.717) is 17.9 Å². The van der Waals surface area contributed by atoms with Gasteiger partial charge in [-0.05, 0) is 25.3 Å². The van der Waals surface area contributed by atoms with Crippen LogP contribution < -0.4 is 0 Å². The molecule has 0 spiro atoms. The van der Waals surface area contributed by atoms with E-state index in [1.165, 1.54) is 0 Å². The third kappa shape index (κ3) is 2.82. The molecule has 2 aromatic heterocycles. The summed E-state index contributed by atoms with van der Waals surface area (Å²) in [6.45, 7) is 4.59. The van der Waals surface area contributed by atoms with Crippen LogP contribution in [0.2, 0.25) is 5.02 Å². The standard InChI is InChI=1S/C13H15ClN2OS/c1-3-16-12(13(14)9(2)15-16)8-10(17)7-11-5-4-6-18-11/h4-6H,3,7-8H2,1-2H3. The summed E-state index contributed by atoms with van der Waals surface area (Å²) in [5.74, 6) is 0.175. The van der Waals surface area contributed by atoms with Gasteiger partial charge in [0.2, 0.25) is 0 Å². The van der Waals surface area contributed by atoms with Crippen LogP contribution in [0.25, 0.3) is 0 Å². The van der Waals surface area contributed by atoms with Crippen LogP contribution in [-0.4, -0.2) is 15.6 Å². The minimum absolute atomic E-state index is 0.175. The van der Waals surface area contributed by atoms with Gasteiger partial charge in [-0.3, -0.25) is 9.48 Å². The van der Waals surface area contributed by atoms with Crippen LogP contribution in [0, 0.1) is 6.92 Å². The van der Waals surface area contributed by atoms with Crippen molar-refractivity contribution < 1.29 is 4.79 Å². The Kier molecular flexibility index (Phi) is 4.19. The number of aryl methyl sites for hydroxylation is 2. The number of nitrogens with zero attached hydrogens (tertiary/aromatic N) is 2. The zero-order valence-electron chi connectivity index (χ0n) is 10.4. The highest BCUT2D eigenvalue weighted by molar-refractivity contribution is 7.10. The summed E-state index contributed by atoms with van der Waals surface area (Å²) in [6, 6.07) is 3.94. The largest absolute Gasteiger partial charge is 0.299 e. The van der Waals surface area contributed by atoms with Crippen molar-refractivity contribution in [3.05, 3.63) is 38.8 Å². The zero-order chi connectivity index (χ0) is 13.1. The molecule has 0 saturated heterocycles. The highest BCUT2D eigenvalue weighted by Crippen LogP contribution is 2.21. The molecule has 0 N–H and O–H groups in total. The second-order valence-corrected chi connectivity index (χ2v) is 5.54. The molecule has 5 heteroatoms. The normalized spacial score (nSPS) is 10.8. The quantitative estimate of drug-likeness (QED) is 0.843. The molecule has 0 amide bonds. The summed E-state index contributed by atoms with van der Waals surface area (Å²) >= 11 is 7.79. The molecule has 0 radical (unpaired) electrons. The van der Waals surface area contributed by atoms with E-state index in [9.17, 15) is 4.79 Å². The zero-order valence-corrected chi connectivity index (χ0v) is 12.0. The molecule has 2 aromatic rings. The monoisotopic (exact) mass is 282 g/mol. The van der Waals surface area contributed by atoms with Gasteiger partial charge >= 0.3 is 0 Å². The van der Waals surface area contributed by atoms with E-state index in [2.05, 4.69) is 5.10 Å². The Morgan fingerprint density at radius 2 is 2.28 bits per heavy atom. The van der Waals surface area contributed by atoms with E-state index < -0.39 is 0 Å². The van der Waals surface area contributed by atoms with E-state index in [1.807, 2.05) is 36.0 Å². The van der Waals surface area contributed by atoms with Crippen LogP contribution in [0.15, 0.2) is 17.5 Å². The smallest absolute Gasteiger partial charge is 0.144 e. The number of carbonyl (C=O) groups is 1. The van der Waals surface area contributed by atoms with Crippen LogP contribution in [0.3, 0.4) is 0 Å². The van der Waals surface area contributed by atoms with Gasteiger partial charge in [0.1, 0.15) is 5.78 Å². The lowest BCUT2D eigenvalue weighted by atomic mass is 10.1. The highest BCUT2D eigenvalue weighted by atomic mass is 35.5. The topological polar surface area (TPSA) is 34.9 Å². The van der Waals surface area contributed by atoms with Crippen LogP contribution in [0.5, 0.6) is 0 Å². The van der Waals surface area contributed by atoms with E-state index in [1.54, 1.807) is 11.3 Å². The fourth-order valence-corrected chi connectivity index (χ4v) is 2.83. The second kappa shape index (κ2) is 5.67. The molecule has 2 heterocycles. The van der Waals surface area contributed by atoms with Gasteiger partial charge in [-0.1, -0.05) is 17.7 Å². The Morgan fingerprint density at radius 3 is 2.89 bits per heavy atom. The maximum absolute atomic E-state index is 12.0. The molecule has 3 nitrogen and oxygen atoms in total. The van der Waals surface area contributed by atoms with Crippen molar-refractivity contribution in [3.63, 3.8) is 0 Å². The second-order valence-electron chi connectivity index (χ2n) is 4.13. The Hall–Kier alpha value is -1.13. The number of aromatic nitrogens is 2. The maximum atomic E-state index is 12.0. The first-order valence-corrected chi connectivity index (χ1v) is 7.13. The summed E-state index contributed by atoms with van der Waals surface area (Å²) in [6.07, 6.45) is 0.827. The van der Waals surface area contributed by atoms with Crippen LogP contribution >= 0.6 is 22.9 Å². The Balaban J connectivity index is 2.11. The summed E-state index contributed by atoms with van der Waals surface area (Å²) in [4.78, 5) is 13.1. The van der Waals surface area contributed by atoms with Crippen molar-refractivity contribution in [3.8, 4) is 0 Å². The molecule has 0 aromatic carbocycles.